The molecular formula is C28H28Cl6O8. The molecule has 42 heavy (non-hydrogen) atoms. The maximum absolute atomic E-state index is 12.9. The Morgan fingerprint density at radius 2 is 0.952 bits per heavy atom. The van der Waals surface area contributed by atoms with Crippen molar-refractivity contribution >= 4 is 93.5 Å². The lowest BCUT2D eigenvalue weighted by atomic mass is 10.1. The van der Waals surface area contributed by atoms with E-state index in [-0.39, 0.29) is 55.2 Å². The average molecular weight is 705 g/mol. The zero-order valence-electron chi connectivity index (χ0n) is 23.1. The molecule has 0 aromatic heterocycles. The Morgan fingerprint density at radius 3 is 1.26 bits per heavy atom. The van der Waals surface area contributed by atoms with Gasteiger partial charge in [0.05, 0.1) is 43.3 Å². The molecule has 0 radical (unpaired) electrons. The fourth-order valence-electron chi connectivity index (χ4n) is 3.72. The molecule has 2 aromatic carbocycles. The zero-order valence-corrected chi connectivity index (χ0v) is 27.6. The highest BCUT2D eigenvalue weighted by atomic mass is 35.5. The van der Waals surface area contributed by atoms with Crippen LogP contribution in [-0.2, 0) is 19.1 Å². The topological polar surface area (TPSA) is 105 Å². The second kappa shape index (κ2) is 16.8. The maximum Gasteiger partial charge on any atom is 0.423 e. The standard InChI is InChI=1S/C28H28Cl6O8/c1-5-7-13(3)11-39-25(35)19-21(33)15(29)9-17(31)23(19)41-27(37)28(38)42-24-18(32)10-16(30)22(34)20(24)26(36)40-12-14(4)8-6-2/h9-10,13-14H,5-8,11-12H2,1-4H3. The van der Waals surface area contributed by atoms with Crippen LogP contribution in [0.15, 0.2) is 12.1 Å². The number of halogens is 6. The third-order valence-electron chi connectivity index (χ3n) is 5.78. The quantitative estimate of drug-likeness (QED) is 0.0932. The molecule has 0 bridgehead atoms. The fourth-order valence-corrected chi connectivity index (χ4v) is 5.16. The van der Waals surface area contributed by atoms with Crippen LogP contribution in [-0.4, -0.2) is 37.1 Å². The Morgan fingerprint density at radius 1 is 0.619 bits per heavy atom. The van der Waals surface area contributed by atoms with Gasteiger partial charge in [0.25, 0.3) is 0 Å². The first-order valence-corrected chi connectivity index (χ1v) is 15.1. The Kier molecular flexibility index (Phi) is 14.5. The first kappa shape index (κ1) is 36.3. The van der Waals surface area contributed by atoms with Gasteiger partial charge in [-0.1, -0.05) is 110 Å². The predicted octanol–water partition coefficient (Wildman–Crippen LogP) is 9.30. The van der Waals surface area contributed by atoms with Crippen molar-refractivity contribution < 1.29 is 38.1 Å². The normalized spacial score (nSPS) is 12.3. The summed E-state index contributed by atoms with van der Waals surface area (Å²) >= 11 is 37.0. The summed E-state index contributed by atoms with van der Waals surface area (Å²) in [6.07, 6.45) is 3.31. The molecule has 0 aliphatic rings. The summed E-state index contributed by atoms with van der Waals surface area (Å²) in [6, 6.07) is 2.22. The van der Waals surface area contributed by atoms with E-state index in [9.17, 15) is 19.2 Å². The van der Waals surface area contributed by atoms with Gasteiger partial charge in [-0.2, -0.15) is 0 Å². The second-order valence-corrected chi connectivity index (χ2v) is 11.9. The third-order valence-corrected chi connectivity index (χ3v) is 7.91. The minimum absolute atomic E-state index is 0.0278. The molecular weight excluding hydrogens is 677 g/mol. The van der Waals surface area contributed by atoms with E-state index in [1.807, 2.05) is 27.7 Å². The fraction of sp³-hybridized carbons (Fsp3) is 0.429. The molecule has 0 aliphatic heterocycles. The van der Waals surface area contributed by atoms with Crippen molar-refractivity contribution in [2.75, 3.05) is 13.2 Å². The lowest BCUT2D eigenvalue weighted by Gasteiger charge is -2.17. The van der Waals surface area contributed by atoms with Crippen LogP contribution in [0.25, 0.3) is 0 Å². The number of hydrogen-bond acceptors (Lipinski definition) is 8. The van der Waals surface area contributed by atoms with Gasteiger partial charge in [-0.15, -0.1) is 0 Å². The second-order valence-electron chi connectivity index (χ2n) is 9.48. The van der Waals surface area contributed by atoms with Crippen LogP contribution in [0.3, 0.4) is 0 Å². The highest BCUT2D eigenvalue weighted by Crippen LogP contribution is 2.41. The highest BCUT2D eigenvalue weighted by molar-refractivity contribution is 6.47. The summed E-state index contributed by atoms with van der Waals surface area (Å²) in [5.74, 6) is -6.41. The van der Waals surface area contributed by atoms with Gasteiger partial charge in [-0.3, -0.25) is 0 Å². The van der Waals surface area contributed by atoms with Crippen molar-refractivity contribution in [3.63, 3.8) is 0 Å². The number of carbonyl (C=O) groups is 4. The number of carbonyl (C=O) groups excluding carboxylic acids is 4. The molecule has 0 spiro atoms. The van der Waals surface area contributed by atoms with Crippen LogP contribution in [0.2, 0.25) is 30.1 Å². The highest BCUT2D eigenvalue weighted by Gasteiger charge is 2.32. The van der Waals surface area contributed by atoms with E-state index in [4.69, 9.17) is 88.6 Å². The predicted molar refractivity (Wildman–Crippen MR) is 163 cm³/mol. The molecule has 2 aromatic rings. The van der Waals surface area contributed by atoms with E-state index in [0.717, 1.165) is 37.8 Å². The van der Waals surface area contributed by atoms with E-state index >= 15 is 0 Å². The summed E-state index contributed by atoms with van der Waals surface area (Å²) in [6.45, 7) is 7.79. The van der Waals surface area contributed by atoms with Crippen LogP contribution in [0.4, 0.5) is 0 Å². The van der Waals surface area contributed by atoms with Crippen molar-refractivity contribution in [2.45, 2.75) is 53.4 Å². The SMILES string of the molecule is CCCC(C)COC(=O)c1c(Cl)c(Cl)cc(Cl)c1OC(=O)C(=O)Oc1c(Cl)cc(Cl)c(Cl)c1C(=O)OCC(C)CCC. The van der Waals surface area contributed by atoms with Gasteiger partial charge in [0.2, 0.25) is 0 Å². The number of hydrogen-bond donors (Lipinski definition) is 0. The summed E-state index contributed by atoms with van der Waals surface area (Å²) in [7, 11) is 0. The molecule has 0 heterocycles. The van der Waals surface area contributed by atoms with Crippen molar-refractivity contribution in [1.82, 2.24) is 0 Å². The molecule has 0 aliphatic carbocycles. The lowest BCUT2D eigenvalue weighted by Crippen LogP contribution is -2.27. The number of rotatable bonds is 12. The molecule has 0 amide bonds. The molecule has 2 atom stereocenters. The summed E-state index contributed by atoms with van der Waals surface area (Å²) in [5.41, 5.74) is -0.950. The van der Waals surface area contributed by atoms with Gasteiger partial charge >= 0.3 is 23.9 Å². The van der Waals surface area contributed by atoms with E-state index < -0.39 is 46.5 Å². The Hall–Kier alpha value is -1.94. The Labute approximate surface area is 273 Å². The van der Waals surface area contributed by atoms with Crippen LogP contribution in [0.5, 0.6) is 11.5 Å². The molecule has 230 valence electrons. The largest absolute Gasteiger partial charge is 0.462 e. The molecule has 2 unspecified atom stereocenters. The molecule has 0 saturated carbocycles. The molecule has 14 heteroatoms. The molecule has 0 fully saturated rings. The zero-order chi connectivity index (χ0) is 31.7. The van der Waals surface area contributed by atoms with Crippen molar-refractivity contribution in [3.8, 4) is 11.5 Å². The Balaban J connectivity index is 2.36. The number of ether oxygens (including phenoxy) is 4. The number of benzene rings is 2. The van der Waals surface area contributed by atoms with E-state index in [2.05, 4.69) is 0 Å². The smallest absolute Gasteiger partial charge is 0.423 e. The van der Waals surface area contributed by atoms with Gasteiger partial charge < -0.3 is 18.9 Å². The first-order chi connectivity index (χ1) is 19.7. The van der Waals surface area contributed by atoms with Crippen molar-refractivity contribution in [2.24, 2.45) is 11.8 Å². The summed E-state index contributed by atoms with van der Waals surface area (Å²) < 4.78 is 20.8. The van der Waals surface area contributed by atoms with Crippen molar-refractivity contribution in [1.29, 1.82) is 0 Å². The minimum Gasteiger partial charge on any atom is -0.462 e. The van der Waals surface area contributed by atoms with E-state index in [0.29, 0.717) is 0 Å². The summed E-state index contributed by atoms with van der Waals surface area (Å²) in [4.78, 5) is 51.4. The van der Waals surface area contributed by atoms with Gasteiger partial charge in [0, 0.05) is 0 Å². The molecule has 8 nitrogen and oxygen atoms in total. The van der Waals surface area contributed by atoms with Crippen LogP contribution in [0.1, 0.15) is 74.1 Å². The van der Waals surface area contributed by atoms with Gasteiger partial charge in [0.15, 0.2) is 11.5 Å². The van der Waals surface area contributed by atoms with Crippen LogP contribution >= 0.6 is 69.6 Å². The molecule has 0 N–H and O–H groups in total. The van der Waals surface area contributed by atoms with Crippen LogP contribution < -0.4 is 9.47 Å². The van der Waals surface area contributed by atoms with Crippen molar-refractivity contribution in [3.05, 3.63) is 53.4 Å². The van der Waals surface area contributed by atoms with Crippen LogP contribution in [0, 0.1) is 11.8 Å². The first-order valence-electron chi connectivity index (χ1n) is 12.9. The van der Waals surface area contributed by atoms with Gasteiger partial charge in [0.1, 0.15) is 11.1 Å². The third kappa shape index (κ3) is 9.53. The molecule has 0 saturated heterocycles. The van der Waals surface area contributed by atoms with Gasteiger partial charge in [-0.05, 0) is 36.8 Å². The average Bonchev–Trinajstić information content (AvgIpc) is 2.92. The van der Waals surface area contributed by atoms with E-state index in [1.165, 1.54) is 0 Å². The minimum atomic E-state index is -1.65. The van der Waals surface area contributed by atoms with Gasteiger partial charge in [-0.25, -0.2) is 19.2 Å². The summed E-state index contributed by atoms with van der Waals surface area (Å²) in [5, 5.41) is -1.54. The number of esters is 4. The van der Waals surface area contributed by atoms with E-state index in [1.54, 1.807) is 0 Å². The molecule has 2 rings (SSSR count). The lowest BCUT2D eigenvalue weighted by molar-refractivity contribution is -0.156. The maximum atomic E-state index is 12.9. The Bertz CT molecular complexity index is 1250. The monoisotopic (exact) mass is 702 g/mol.